The molecule has 1 N–H and O–H groups in total. The van der Waals surface area contributed by atoms with Gasteiger partial charge in [0.2, 0.25) is 0 Å². The van der Waals surface area contributed by atoms with Crippen LogP contribution in [0.1, 0.15) is 118 Å². The second kappa shape index (κ2) is 15.4. The van der Waals surface area contributed by atoms with Crippen molar-refractivity contribution >= 4 is 11.8 Å². The van der Waals surface area contributed by atoms with E-state index >= 15 is 0 Å². The predicted molar refractivity (Wildman–Crippen MR) is 201 cm³/mol. The summed E-state index contributed by atoms with van der Waals surface area (Å²) in [4.78, 5) is 0. The predicted octanol–water partition coefficient (Wildman–Crippen LogP) is 12.1. The molecule has 9 heteroatoms. The average molecular weight is 757 g/mol. The van der Waals surface area contributed by atoms with Crippen LogP contribution < -0.4 is 9.47 Å². The third-order valence-electron chi connectivity index (χ3n) is 13.7. The van der Waals surface area contributed by atoms with Crippen molar-refractivity contribution in [3.63, 3.8) is 0 Å². The van der Waals surface area contributed by atoms with Gasteiger partial charge < -0.3 is 14.6 Å². The maximum absolute atomic E-state index is 13.0. The Morgan fingerprint density at radius 3 is 2.23 bits per heavy atom. The zero-order chi connectivity index (χ0) is 37.3. The van der Waals surface area contributed by atoms with Crippen molar-refractivity contribution in [2.24, 2.45) is 16.7 Å². The third-order valence-corrected chi connectivity index (χ3v) is 14.9. The van der Waals surface area contributed by atoms with E-state index in [-0.39, 0.29) is 17.3 Å². The number of halogens is 5. The van der Waals surface area contributed by atoms with Crippen LogP contribution in [0.15, 0.2) is 72.8 Å². The van der Waals surface area contributed by atoms with Crippen molar-refractivity contribution in [3.8, 4) is 11.5 Å². The molecule has 4 atom stereocenters. The fraction of sp³-hybridized carbons (Fsp3) is 0.591. The van der Waals surface area contributed by atoms with Crippen LogP contribution in [0.3, 0.4) is 0 Å². The Hall–Kier alpha value is -2.78. The van der Waals surface area contributed by atoms with E-state index in [1.807, 2.05) is 18.2 Å². The van der Waals surface area contributed by atoms with Crippen LogP contribution >= 0.6 is 11.8 Å². The second-order valence-electron chi connectivity index (χ2n) is 16.4. The highest BCUT2D eigenvalue weighted by Gasteiger charge is 2.74. The quantitative estimate of drug-likeness (QED) is 0.117. The molecule has 4 aliphatic carbocycles. The van der Waals surface area contributed by atoms with Crippen LogP contribution in [-0.4, -0.2) is 40.9 Å². The average Bonchev–Trinajstić information content (AvgIpc) is 3.52. The van der Waals surface area contributed by atoms with Crippen LogP contribution in [0.5, 0.6) is 11.5 Å². The maximum atomic E-state index is 13.0. The molecule has 53 heavy (non-hydrogen) atoms. The normalized spacial score (nSPS) is 29.0. The molecule has 0 heterocycles. The van der Waals surface area contributed by atoms with Crippen LogP contribution in [0.4, 0.5) is 22.0 Å². The van der Waals surface area contributed by atoms with Gasteiger partial charge in [-0.3, -0.25) is 0 Å². The fourth-order valence-corrected chi connectivity index (χ4v) is 11.8. The first-order chi connectivity index (χ1) is 25.4. The van der Waals surface area contributed by atoms with Crippen molar-refractivity contribution in [1.29, 1.82) is 0 Å². The molecule has 4 aliphatic rings. The zero-order valence-corrected chi connectivity index (χ0v) is 31.6. The lowest BCUT2D eigenvalue weighted by molar-refractivity contribution is -0.284. The van der Waals surface area contributed by atoms with Gasteiger partial charge in [-0.2, -0.15) is 33.7 Å². The molecular formula is C44H53F5O3S. The first kappa shape index (κ1) is 38.5. The molecule has 0 saturated heterocycles. The molecule has 2 bridgehead atoms. The smallest absolute Gasteiger partial charge is 0.453 e. The first-order valence-electron chi connectivity index (χ1n) is 19.6. The van der Waals surface area contributed by atoms with Crippen molar-refractivity contribution in [1.82, 2.24) is 0 Å². The van der Waals surface area contributed by atoms with Gasteiger partial charge >= 0.3 is 12.1 Å². The number of fused-ring (bicyclic) bond motifs is 3. The van der Waals surface area contributed by atoms with Gasteiger partial charge in [-0.15, -0.1) is 0 Å². The number of thioether (sulfide) groups is 1. The highest BCUT2D eigenvalue weighted by Crippen LogP contribution is 2.79. The first-order valence-corrected chi connectivity index (χ1v) is 20.8. The molecule has 0 spiro atoms. The number of alkyl halides is 5. The summed E-state index contributed by atoms with van der Waals surface area (Å²) >= 11 is 1.44. The molecule has 0 amide bonds. The molecule has 0 radical (unpaired) electrons. The second-order valence-corrected chi connectivity index (χ2v) is 17.6. The minimum atomic E-state index is -5.46. The van der Waals surface area contributed by atoms with Gasteiger partial charge in [-0.1, -0.05) is 68.3 Å². The molecule has 0 unspecified atom stereocenters. The van der Waals surface area contributed by atoms with Crippen LogP contribution in [0.2, 0.25) is 0 Å². The van der Waals surface area contributed by atoms with Crippen molar-refractivity contribution in [3.05, 3.63) is 95.1 Å². The molecular weight excluding hydrogens is 704 g/mol. The number of ether oxygens (including phenoxy) is 2. The largest absolute Gasteiger partial charge is 0.494 e. The van der Waals surface area contributed by atoms with Gasteiger partial charge in [0.05, 0.1) is 12.2 Å². The monoisotopic (exact) mass is 756 g/mol. The zero-order valence-electron chi connectivity index (χ0n) is 30.7. The number of aliphatic hydroxyl groups is 1. The van der Waals surface area contributed by atoms with Gasteiger partial charge in [0, 0.05) is 11.8 Å². The standard InChI is InChI=1S/C44H53F5O3S/c1-40-29-37(32-12-15-34(16-13-32)51-25-7-2-3-8-26-53-27-9-20-43(45,46)44(47,48)49)39-36-18-17-35(52-30-31-10-5-4-6-11-31)28-33(36)14-19-38(39)41(40)21-23-42(40,50)24-22-41/h4-6,10-13,15-18,28,37-39,50H,2-3,7-9,14,19-27,29-30H2,1H3/t37-,38-,39+,40+,41?,42?/m1/s1. The summed E-state index contributed by atoms with van der Waals surface area (Å²) in [5, 5.41) is 12.1. The Balaban J connectivity index is 0.948. The fourth-order valence-electron chi connectivity index (χ4n) is 10.8. The maximum Gasteiger partial charge on any atom is 0.453 e. The lowest BCUT2D eigenvalue weighted by Crippen LogP contribution is -2.54. The molecule has 0 aliphatic heterocycles. The summed E-state index contributed by atoms with van der Waals surface area (Å²) in [6, 6.07) is 25.7. The summed E-state index contributed by atoms with van der Waals surface area (Å²) in [6.45, 7) is 3.56. The molecule has 288 valence electrons. The van der Waals surface area contributed by atoms with E-state index in [1.54, 1.807) is 0 Å². The van der Waals surface area contributed by atoms with Crippen molar-refractivity contribution in [2.75, 3.05) is 18.1 Å². The SMILES string of the molecule is C[C@]12C[C@H](c3ccc(OCCCCCCSCCCC(F)(F)C(F)(F)F)cc3)[C@@H]3c4ccc(OCc5ccccc5)cc4CC[C@H]3C13CCC2(O)CC3. The summed E-state index contributed by atoms with van der Waals surface area (Å²) in [5.74, 6) is -0.548. The van der Waals surface area contributed by atoms with E-state index in [4.69, 9.17) is 9.47 Å². The van der Waals surface area contributed by atoms with Gasteiger partial charge in [0.1, 0.15) is 18.1 Å². The minimum Gasteiger partial charge on any atom is -0.494 e. The lowest BCUT2D eigenvalue weighted by atomic mass is 9.45. The number of benzene rings is 3. The van der Waals surface area contributed by atoms with E-state index < -0.39 is 24.1 Å². The van der Waals surface area contributed by atoms with E-state index in [0.29, 0.717) is 36.7 Å². The summed E-state index contributed by atoms with van der Waals surface area (Å²) < 4.78 is 75.3. The number of rotatable bonds is 16. The van der Waals surface area contributed by atoms with Gasteiger partial charge in [-0.05, 0) is 145 Å². The number of aryl methyl sites for hydroxylation is 1. The molecule has 3 fully saturated rings. The van der Waals surface area contributed by atoms with Crippen molar-refractivity contribution in [2.45, 2.75) is 127 Å². The molecule has 0 aromatic heterocycles. The topological polar surface area (TPSA) is 38.7 Å². The molecule has 3 aromatic carbocycles. The van der Waals surface area contributed by atoms with Crippen LogP contribution in [0, 0.1) is 16.7 Å². The van der Waals surface area contributed by atoms with Gasteiger partial charge in [0.25, 0.3) is 0 Å². The van der Waals surface area contributed by atoms with Gasteiger partial charge in [-0.25, -0.2) is 0 Å². The Kier molecular flexibility index (Phi) is 11.2. The highest BCUT2D eigenvalue weighted by atomic mass is 32.2. The van der Waals surface area contributed by atoms with E-state index in [1.165, 1.54) is 28.5 Å². The van der Waals surface area contributed by atoms with Crippen LogP contribution in [-0.2, 0) is 13.0 Å². The Morgan fingerprint density at radius 2 is 1.49 bits per heavy atom. The van der Waals surface area contributed by atoms with Gasteiger partial charge in [0.15, 0.2) is 0 Å². The molecule has 7 rings (SSSR count). The Labute approximate surface area is 315 Å². The lowest BCUT2D eigenvalue weighted by Gasteiger charge is -2.59. The number of hydrogen-bond donors (Lipinski definition) is 1. The summed E-state index contributed by atoms with van der Waals surface area (Å²) in [7, 11) is 0. The minimum absolute atomic E-state index is 0.0997. The number of unbranched alkanes of at least 4 members (excludes halogenated alkanes) is 3. The van der Waals surface area contributed by atoms with Crippen LogP contribution in [0.25, 0.3) is 0 Å². The van der Waals surface area contributed by atoms with Crippen molar-refractivity contribution < 1.29 is 36.5 Å². The molecule has 3 nitrogen and oxygen atoms in total. The highest BCUT2D eigenvalue weighted by molar-refractivity contribution is 7.99. The third kappa shape index (κ3) is 7.47. The Bertz CT molecular complexity index is 1670. The van der Waals surface area contributed by atoms with E-state index in [9.17, 15) is 27.1 Å². The van der Waals surface area contributed by atoms with E-state index in [0.717, 1.165) is 93.4 Å². The summed E-state index contributed by atoms with van der Waals surface area (Å²) in [5.41, 5.74) is 4.83. The molecule has 3 saturated carbocycles. The molecule has 3 aromatic rings. The number of hydrogen-bond acceptors (Lipinski definition) is 4. The Morgan fingerprint density at radius 1 is 0.792 bits per heavy atom. The van der Waals surface area contributed by atoms with E-state index in [2.05, 4.69) is 61.5 Å². The summed E-state index contributed by atoms with van der Waals surface area (Å²) in [6.07, 6.45) is 4.22.